The van der Waals surface area contributed by atoms with Gasteiger partial charge in [-0.05, 0) is 17.9 Å². The van der Waals surface area contributed by atoms with Crippen molar-refractivity contribution >= 4 is 11.4 Å². The number of nitro benzene ring substituents is 1. The summed E-state index contributed by atoms with van der Waals surface area (Å²) >= 11 is 0. The fraction of sp³-hybridized carbons (Fsp3) is 0.571. The van der Waals surface area contributed by atoms with Crippen LogP contribution in [0.25, 0.3) is 0 Å². The molecule has 1 aromatic rings. The van der Waals surface area contributed by atoms with E-state index in [1.165, 1.54) is 13.2 Å². The Morgan fingerprint density at radius 1 is 1.45 bits per heavy atom. The van der Waals surface area contributed by atoms with Crippen molar-refractivity contribution in [3.8, 4) is 5.75 Å². The lowest BCUT2D eigenvalue weighted by Crippen LogP contribution is -2.25. The summed E-state index contributed by atoms with van der Waals surface area (Å²) in [5.74, 6) is 0.199. The van der Waals surface area contributed by atoms with Crippen LogP contribution in [0.15, 0.2) is 18.2 Å². The number of hydrogen-bond acceptors (Lipinski definition) is 5. The maximum absolute atomic E-state index is 10.8. The van der Waals surface area contributed by atoms with Gasteiger partial charge in [-0.2, -0.15) is 0 Å². The number of methoxy groups -OCH3 is 1. The van der Waals surface area contributed by atoms with E-state index in [-0.39, 0.29) is 16.9 Å². The lowest BCUT2D eigenvalue weighted by Gasteiger charge is -2.22. The zero-order valence-electron chi connectivity index (χ0n) is 12.3. The van der Waals surface area contributed by atoms with Crippen LogP contribution in [-0.2, 0) is 0 Å². The van der Waals surface area contributed by atoms with Crippen molar-refractivity contribution in [2.45, 2.75) is 33.3 Å². The summed E-state index contributed by atoms with van der Waals surface area (Å²) < 4.78 is 4.99. The predicted molar refractivity (Wildman–Crippen MR) is 78.2 cm³/mol. The first kappa shape index (κ1) is 16.2. The number of rotatable bonds is 6. The molecule has 2 N–H and O–H groups in total. The van der Waals surface area contributed by atoms with Crippen molar-refractivity contribution in [1.29, 1.82) is 0 Å². The number of nitrogens with zero attached hydrogens (tertiary/aromatic N) is 1. The molecule has 0 radical (unpaired) electrons. The second-order valence-corrected chi connectivity index (χ2v) is 5.94. The standard InChI is InChI=1S/C14H22N2O4/c1-14(2,3)8-11(17)9-15-10-5-6-12(16(18)19)13(7-10)20-4/h5-7,11,15,17H,8-9H2,1-4H3. The molecule has 112 valence electrons. The number of ether oxygens (including phenoxy) is 1. The average Bonchev–Trinajstić information content (AvgIpc) is 2.33. The molecular formula is C14H22N2O4. The van der Waals surface area contributed by atoms with Crippen LogP contribution >= 0.6 is 0 Å². The highest BCUT2D eigenvalue weighted by Gasteiger charge is 2.18. The molecular weight excluding hydrogens is 260 g/mol. The number of anilines is 1. The van der Waals surface area contributed by atoms with Gasteiger partial charge in [0.15, 0.2) is 5.75 Å². The summed E-state index contributed by atoms with van der Waals surface area (Å²) in [6.07, 6.45) is 0.195. The highest BCUT2D eigenvalue weighted by molar-refractivity contribution is 5.57. The summed E-state index contributed by atoms with van der Waals surface area (Å²) in [4.78, 5) is 10.3. The minimum absolute atomic E-state index is 0.0499. The molecule has 0 fully saturated rings. The van der Waals surface area contributed by atoms with Gasteiger partial charge in [-0.15, -0.1) is 0 Å². The Bertz CT molecular complexity index is 469. The summed E-state index contributed by atoms with van der Waals surface area (Å²) in [6, 6.07) is 4.55. The number of nitro groups is 1. The number of hydrogen-bond donors (Lipinski definition) is 2. The fourth-order valence-electron chi connectivity index (χ4n) is 1.95. The molecule has 0 aliphatic heterocycles. The van der Waals surface area contributed by atoms with E-state index in [4.69, 9.17) is 4.74 Å². The maximum Gasteiger partial charge on any atom is 0.311 e. The van der Waals surface area contributed by atoms with E-state index >= 15 is 0 Å². The second-order valence-electron chi connectivity index (χ2n) is 5.94. The van der Waals surface area contributed by atoms with E-state index in [1.807, 2.05) is 0 Å². The first-order chi connectivity index (χ1) is 9.23. The Kier molecular flexibility index (Phi) is 5.33. The zero-order chi connectivity index (χ0) is 15.3. The van der Waals surface area contributed by atoms with Crippen molar-refractivity contribution in [2.75, 3.05) is 19.0 Å². The van der Waals surface area contributed by atoms with E-state index in [1.54, 1.807) is 12.1 Å². The van der Waals surface area contributed by atoms with Crippen LogP contribution in [0.3, 0.4) is 0 Å². The van der Waals surface area contributed by atoms with Crippen molar-refractivity contribution in [2.24, 2.45) is 5.41 Å². The minimum Gasteiger partial charge on any atom is -0.490 e. The minimum atomic E-state index is -0.489. The van der Waals surface area contributed by atoms with E-state index in [0.29, 0.717) is 18.7 Å². The molecule has 0 amide bonds. The number of aliphatic hydroxyl groups is 1. The van der Waals surface area contributed by atoms with Crippen molar-refractivity contribution in [1.82, 2.24) is 0 Å². The van der Waals surface area contributed by atoms with Gasteiger partial charge in [-0.3, -0.25) is 10.1 Å². The van der Waals surface area contributed by atoms with Crippen molar-refractivity contribution < 1.29 is 14.8 Å². The van der Waals surface area contributed by atoms with E-state index in [9.17, 15) is 15.2 Å². The Morgan fingerprint density at radius 2 is 2.10 bits per heavy atom. The Hall–Kier alpha value is -1.82. The molecule has 0 aromatic heterocycles. The lowest BCUT2D eigenvalue weighted by molar-refractivity contribution is -0.385. The molecule has 0 spiro atoms. The van der Waals surface area contributed by atoms with E-state index < -0.39 is 11.0 Å². The molecule has 20 heavy (non-hydrogen) atoms. The van der Waals surface area contributed by atoms with Crippen LogP contribution in [0, 0.1) is 15.5 Å². The molecule has 1 rings (SSSR count). The third-order valence-corrected chi connectivity index (χ3v) is 2.77. The van der Waals surface area contributed by atoms with Gasteiger partial charge < -0.3 is 15.2 Å². The summed E-state index contributed by atoms with van der Waals surface area (Å²) in [5, 5.41) is 23.7. The molecule has 6 nitrogen and oxygen atoms in total. The average molecular weight is 282 g/mol. The Labute approximate surface area is 118 Å². The second kappa shape index (κ2) is 6.56. The third-order valence-electron chi connectivity index (χ3n) is 2.77. The number of nitrogens with one attached hydrogen (secondary N) is 1. The normalized spacial score (nSPS) is 12.8. The third kappa shape index (κ3) is 5.05. The van der Waals surface area contributed by atoms with Crippen LogP contribution in [0.4, 0.5) is 11.4 Å². The number of benzene rings is 1. The van der Waals surface area contributed by atoms with Crippen molar-refractivity contribution in [3.05, 3.63) is 28.3 Å². The number of aliphatic hydroxyl groups excluding tert-OH is 1. The van der Waals surface area contributed by atoms with Gasteiger partial charge in [0.05, 0.1) is 18.1 Å². The van der Waals surface area contributed by atoms with Crippen LogP contribution in [0.5, 0.6) is 5.75 Å². The first-order valence-corrected chi connectivity index (χ1v) is 6.47. The van der Waals surface area contributed by atoms with Crippen LogP contribution in [0.2, 0.25) is 0 Å². The molecule has 0 heterocycles. The van der Waals surface area contributed by atoms with Gasteiger partial charge in [0, 0.05) is 24.4 Å². The van der Waals surface area contributed by atoms with Crippen LogP contribution < -0.4 is 10.1 Å². The topological polar surface area (TPSA) is 84.6 Å². The highest BCUT2D eigenvalue weighted by Crippen LogP contribution is 2.29. The van der Waals surface area contributed by atoms with Gasteiger partial charge in [0.25, 0.3) is 0 Å². The van der Waals surface area contributed by atoms with Crippen molar-refractivity contribution in [3.63, 3.8) is 0 Å². The predicted octanol–water partition coefficient (Wildman–Crippen LogP) is 2.81. The SMILES string of the molecule is COc1cc(NCC(O)CC(C)(C)C)ccc1[N+](=O)[O-]. The van der Waals surface area contributed by atoms with E-state index in [2.05, 4.69) is 26.1 Å². The smallest absolute Gasteiger partial charge is 0.311 e. The molecule has 1 atom stereocenters. The van der Waals surface area contributed by atoms with Gasteiger partial charge in [0.2, 0.25) is 0 Å². The summed E-state index contributed by atoms with van der Waals surface area (Å²) in [6.45, 7) is 6.57. The quantitative estimate of drug-likeness (QED) is 0.619. The molecule has 0 aliphatic carbocycles. The zero-order valence-corrected chi connectivity index (χ0v) is 12.3. The molecule has 0 saturated heterocycles. The Balaban J connectivity index is 2.67. The molecule has 1 aromatic carbocycles. The monoisotopic (exact) mass is 282 g/mol. The molecule has 0 aliphatic rings. The Morgan fingerprint density at radius 3 is 2.60 bits per heavy atom. The summed E-state index contributed by atoms with van der Waals surface area (Å²) in [5.41, 5.74) is 0.655. The van der Waals surface area contributed by atoms with Gasteiger partial charge in [-0.25, -0.2) is 0 Å². The molecule has 6 heteroatoms. The lowest BCUT2D eigenvalue weighted by atomic mass is 9.89. The van der Waals surface area contributed by atoms with Crippen LogP contribution in [0.1, 0.15) is 27.2 Å². The van der Waals surface area contributed by atoms with E-state index in [0.717, 1.165) is 0 Å². The highest BCUT2D eigenvalue weighted by atomic mass is 16.6. The molecule has 1 unspecified atom stereocenters. The van der Waals surface area contributed by atoms with Gasteiger partial charge in [0.1, 0.15) is 0 Å². The fourth-order valence-corrected chi connectivity index (χ4v) is 1.95. The molecule has 0 bridgehead atoms. The largest absolute Gasteiger partial charge is 0.490 e. The van der Waals surface area contributed by atoms with Gasteiger partial charge >= 0.3 is 5.69 Å². The molecule has 0 saturated carbocycles. The maximum atomic E-state index is 10.8. The first-order valence-electron chi connectivity index (χ1n) is 6.47. The van der Waals surface area contributed by atoms with Gasteiger partial charge in [-0.1, -0.05) is 20.8 Å². The van der Waals surface area contributed by atoms with Crippen LogP contribution in [-0.4, -0.2) is 29.8 Å². The summed E-state index contributed by atoms with van der Waals surface area (Å²) in [7, 11) is 1.39.